The molecule has 0 aliphatic carbocycles. The van der Waals surface area contributed by atoms with E-state index in [1.165, 1.54) is 50.7 Å². The second-order valence-corrected chi connectivity index (χ2v) is 6.63. The first kappa shape index (κ1) is 20.0. The second-order valence-electron chi connectivity index (χ2n) is 6.63. The summed E-state index contributed by atoms with van der Waals surface area (Å²) in [5.41, 5.74) is 1.17. The van der Waals surface area contributed by atoms with Crippen LogP contribution in [0.25, 0.3) is 0 Å². The first-order valence-electron chi connectivity index (χ1n) is 9.77. The molecule has 4 nitrogen and oxygen atoms in total. The van der Waals surface area contributed by atoms with Crippen LogP contribution in [0, 0.1) is 0 Å². The lowest BCUT2D eigenvalue weighted by molar-refractivity contribution is -0.121. The van der Waals surface area contributed by atoms with Crippen LogP contribution in [0.2, 0.25) is 0 Å². The smallest absolute Gasteiger partial charge is 0.219 e. The van der Waals surface area contributed by atoms with Gasteiger partial charge < -0.3 is 10.2 Å². The van der Waals surface area contributed by atoms with E-state index in [-0.39, 0.29) is 5.91 Å². The van der Waals surface area contributed by atoms with Crippen LogP contribution >= 0.6 is 0 Å². The van der Waals surface area contributed by atoms with E-state index in [4.69, 9.17) is 4.84 Å². The lowest BCUT2D eigenvalue weighted by Crippen LogP contribution is -2.24. The van der Waals surface area contributed by atoms with Crippen LogP contribution in [0.4, 0.5) is 0 Å². The molecule has 1 aliphatic heterocycles. The lowest BCUT2D eigenvalue weighted by Gasteiger charge is -2.09. The Labute approximate surface area is 142 Å². The van der Waals surface area contributed by atoms with Crippen LogP contribution in [0.3, 0.4) is 0 Å². The molecule has 0 saturated carbocycles. The summed E-state index contributed by atoms with van der Waals surface area (Å²) in [6.45, 7) is 3.63. The molecule has 4 heteroatoms. The number of amides is 1. The Hall–Kier alpha value is -1.06. The molecular formula is C19H36N2O2. The van der Waals surface area contributed by atoms with Crippen molar-refractivity contribution in [3.8, 4) is 0 Å². The molecule has 0 spiro atoms. The van der Waals surface area contributed by atoms with Crippen molar-refractivity contribution in [1.29, 1.82) is 0 Å². The van der Waals surface area contributed by atoms with E-state index in [9.17, 15) is 4.79 Å². The van der Waals surface area contributed by atoms with E-state index in [1.807, 2.05) is 0 Å². The quantitative estimate of drug-likeness (QED) is 0.586. The maximum absolute atomic E-state index is 11.7. The Morgan fingerprint density at radius 2 is 1.52 bits per heavy atom. The van der Waals surface area contributed by atoms with Crippen molar-refractivity contribution in [2.24, 2.45) is 5.16 Å². The zero-order valence-corrected chi connectivity index (χ0v) is 15.1. The Morgan fingerprint density at radius 3 is 2.22 bits per heavy atom. The van der Waals surface area contributed by atoms with Crippen molar-refractivity contribution in [2.45, 2.75) is 96.8 Å². The van der Waals surface area contributed by atoms with Gasteiger partial charge in [0.25, 0.3) is 0 Å². The number of carbonyl (C=O) groups is 1. The summed E-state index contributed by atoms with van der Waals surface area (Å²) in [5.74, 6) is 0.203. The predicted molar refractivity (Wildman–Crippen MR) is 96.7 cm³/mol. The molecule has 1 N–H and O–H groups in total. The number of carbonyl (C=O) groups excluding carboxylic acids is 1. The Balaban J connectivity index is 2.37. The van der Waals surface area contributed by atoms with Gasteiger partial charge in [-0.25, -0.2) is 0 Å². The summed E-state index contributed by atoms with van der Waals surface area (Å²) in [5, 5.41) is 7.37. The van der Waals surface area contributed by atoms with Crippen LogP contribution < -0.4 is 5.32 Å². The first-order chi connectivity index (χ1) is 11.3. The molecule has 0 bridgehead atoms. The molecule has 23 heavy (non-hydrogen) atoms. The van der Waals surface area contributed by atoms with Crippen molar-refractivity contribution < 1.29 is 9.63 Å². The number of nitrogens with one attached hydrogen (secondary N) is 1. The third-order valence-electron chi connectivity index (χ3n) is 4.37. The Morgan fingerprint density at radius 1 is 0.913 bits per heavy atom. The molecular weight excluding hydrogens is 288 g/mol. The van der Waals surface area contributed by atoms with Crippen molar-refractivity contribution in [3.63, 3.8) is 0 Å². The monoisotopic (exact) mass is 324 g/mol. The van der Waals surface area contributed by atoms with Crippen molar-refractivity contribution in [3.05, 3.63) is 0 Å². The normalized spacial score (nSPS) is 21.8. The average molecular weight is 325 g/mol. The van der Waals surface area contributed by atoms with Crippen molar-refractivity contribution in [2.75, 3.05) is 13.2 Å². The van der Waals surface area contributed by atoms with E-state index in [0.29, 0.717) is 6.42 Å². The summed E-state index contributed by atoms with van der Waals surface area (Å²) in [7, 11) is 0. The van der Waals surface area contributed by atoms with E-state index in [1.54, 1.807) is 0 Å². The molecule has 1 aliphatic rings. The lowest BCUT2D eigenvalue weighted by atomic mass is 10.0. The van der Waals surface area contributed by atoms with Crippen LogP contribution in [0.5, 0.6) is 0 Å². The molecule has 1 saturated heterocycles. The molecule has 134 valence electrons. The third kappa shape index (κ3) is 12.1. The van der Waals surface area contributed by atoms with Gasteiger partial charge in [0.1, 0.15) is 6.61 Å². The summed E-state index contributed by atoms with van der Waals surface area (Å²) < 4.78 is 0. The van der Waals surface area contributed by atoms with Crippen LogP contribution in [0.1, 0.15) is 96.8 Å². The summed E-state index contributed by atoms with van der Waals surface area (Å²) in [6.07, 6.45) is 15.8. The van der Waals surface area contributed by atoms with Gasteiger partial charge in [-0.15, -0.1) is 0 Å². The van der Waals surface area contributed by atoms with Crippen molar-refractivity contribution in [1.82, 2.24) is 5.32 Å². The maximum Gasteiger partial charge on any atom is 0.219 e. The summed E-state index contributed by atoms with van der Waals surface area (Å²) in [4.78, 5) is 17.2. The van der Waals surface area contributed by atoms with Crippen LogP contribution in [-0.2, 0) is 9.63 Å². The maximum atomic E-state index is 11.7. The molecule has 0 aromatic heterocycles. The highest BCUT2D eigenvalue weighted by atomic mass is 16.6. The molecule has 0 radical (unpaired) electrons. The first-order valence-corrected chi connectivity index (χ1v) is 9.77. The highest BCUT2D eigenvalue weighted by molar-refractivity contribution is 5.84. The van der Waals surface area contributed by atoms with Gasteiger partial charge in [0.15, 0.2) is 0 Å². The van der Waals surface area contributed by atoms with Gasteiger partial charge in [-0.3, -0.25) is 4.79 Å². The van der Waals surface area contributed by atoms with E-state index >= 15 is 0 Å². The number of rotatable bonds is 4. The number of nitrogens with zero attached hydrogens (tertiary/aromatic N) is 1. The molecule has 0 unspecified atom stereocenters. The fraction of sp³-hybridized carbons (Fsp3) is 0.895. The topological polar surface area (TPSA) is 50.7 Å². The SMILES string of the molecule is CCCCO/N=C1/CCCCCCCCCCC(=O)NCCC1. The van der Waals surface area contributed by atoms with Gasteiger partial charge in [0.05, 0.1) is 5.71 Å². The molecule has 0 aromatic carbocycles. The fourth-order valence-corrected chi connectivity index (χ4v) is 2.85. The molecule has 0 aromatic rings. The van der Waals surface area contributed by atoms with E-state index in [2.05, 4.69) is 17.4 Å². The number of hydrogen-bond acceptors (Lipinski definition) is 3. The largest absolute Gasteiger partial charge is 0.396 e. The van der Waals surface area contributed by atoms with Crippen molar-refractivity contribution >= 4 is 11.6 Å². The van der Waals surface area contributed by atoms with E-state index in [0.717, 1.165) is 51.7 Å². The minimum absolute atomic E-state index is 0.203. The number of unbranched alkanes of at least 4 members (excludes halogenated alkanes) is 1. The van der Waals surface area contributed by atoms with Gasteiger partial charge >= 0.3 is 0 Å². The molecule has 0 atom stereocenters. The molecule has 1 rings (SSSR count). The summed E-state index contributed by atoms with van der Waals surface area (Å²) >= 11 is 0. The average Bonchev–Trinajstić information content (AvgIpc) is 2.55. The zero-order valence-electron chi connectivity index (χ0n) is 15.1. The van der Waals surface area contributed by atoms with E-state index < -0.39 is 0 Å². The zero-order chi connectivity index (χ0) is 16.6. The highest BCUT2D eigenvalue weighted by Crippen LogP contribution is 2.12. The number of oxime groups is 1. The second kappa shape index (κ2) is 14.5. The van der Waals surface area contributed by atoms with Gasteiger partial charge in [-0.1, -0.05) is 57.0 Å². The standard InChI is InChI=1S/C19H36N2O2/c1-2-3-17-23-21-18-13-10-8-6-4-5-7-9-11-15-19(22)20-16-12-14-18/h2-17H2,1H3,(H,20,22)/b21-18-. The highest BCUT2D eigenvalue weighted by Gasteiger charge is 2.05. The fourth-order valence-electron chi connectivity index (χ4n) is 2.85. The minimum atomic E-state index is 0.203. The number of hydrogen-bond donors (Lipinski definition) is 1. The van der Waals surface area contributed by atoms with Crippen LogP contribution in [0.15, 0.2) is 5.16 Å². The van der Waals surface area contributed by atoms with Crippen LogP contribution in [-0.4, -0.2) is 24.8 Å². The molecule has 1 amide bonds. The molecule has 1 fully saturated rings. The van der Waals surface area contributed by atoms with Gasteiger partial charge in [-0.2, -0.15) is 0 Å². The Bertz CT molecular complexity index is 329. The summed E-state index contributed by atoms with van der Waals surface area (Å²) in [6, 6.07) is 0. The minimum Gasteiger partial charge on any atom is -0.396 e. The predicted octanol–water partition coefficient (Wildman–Crippen LogP) is 4.97. The Kier molecular flexibility index (Phi) is 12.6. The van der Waals surface area contributed by atoms with Gasteiger partial charge in [0, 0.05) is 13.0 Å². The van der Waals surface area contributed by atoms with Gasteiger partial charge in [0.2, 0.25) is 5.91 Å². The molecule has 1 heterocycles. The van der Waals surface area contributed by atoms with Gasteiger partial charge in [-0.05, 0) is 38.5 Å². The third-order valence-corrected chi connectivity index (χ3v) is 4.37.